The molecule has 2 heterocycles. The van der Waals surface area contributed by atoms with E-state index in [1.807, 2.05) is 72.9 Å². The van der Waals surface area contributed by atoms with Gasteiger partial charge < -0.3 is 9.97 Å². The van der Waals surface area contributed by atoms with Crippen LogP contribution in [0.4, 0.5) is 4.39 Å². The third-order valence-corrected chi connectivity index (χ3v) is 4.81. The molecule has 0 atom stereocenters. The normalized spacial score (nSPS) is 9.85. The molecule has 2 aromatic heterocycles. The minimum absolute atomic E-state index is 0. The summed E-state index contributed by atoms with van der Waals surface area (Å²) in [5.41, 5.74) is 6.68. The van der Waals surface area contributed by atoms with Gasteiger partial charge in [-0.3, -0.25) is 0 Å². The molecule has 1 radical (unpaired) electrons. The van der Waals surface area contributed by atoms with E-state index < -0.39 is 6.67 Å². The van der Waals surface area contributed by atoms with Gasteiger partial charge in [-0.1, -0.05) is 54.1 Å². The first-order chi connectivity index (χ1) is 15.8. The third-order valence-electron chi connectivity index (χ3n) is 4.81. The van der Waals surface area contributed by atoms with Crippen molar-refractivity contribution in [2.75, 3.05) is 0 Å². The Morgan fingerprint density at radius 1 is 0.606 bits per heavy atom. The molecular weight excluding hydrogens is 588 g/mol. The van der Waals surface area contributed by atoms with Crippen LogP contribution in [0.5, 0.6) is 0 Å². The largest absolute Gasteiger partial charge is 0.305 e. The zero-order valence-corrected chi connectivity index (χ0v) is 20.2. The van der Waals surface area contributed by atoms with E-state index in [0.717, 1.165) is 22.5 Å². The standard InChI is InChI=1S/C17H12N.C12H9FN.Ir/c1-3-7-14(8-4-1)16-11-12-18-17(13-16)15-9-5-2-6-10-15;13-9-10-4-3-5-11(8-10)12-6-1-2-7-14-12;/h1-9,11-13H;1-4,6-8H,9H2;/q2*-1;. The predicted molar refractivity (Wildman–Crippen MR) is 127 cm³/mol. The van der Waals surface area contributed by atoms with Crippen molar-refractivity contribution in [2.45, 2.75) is 6.67 Å². The SMILES string of the molecule is FCc1cc[c-]c(-c2ccccn2)c1.[Ir].[c-]1ccccc1-c1cc(-c2ccccc2)ccn1. The number of nitrogens with zero attached hydrogens (tertiary/aromatic N) is 2. The molecule has 5 aromatic rings. The van der Waals surface area contributed by atoms with Gasteiger partial charge in [0, 0.05) is 32.5 Å². The van der Waals surface area contributed by atoms with Crippen molar-refractivity contribution in [3.63, 3.8) is 0 Å². The average molecular weight is 609 g/mol. The maximum absolute atomic E-state index is 12.4. The molecule has 4 heteroatoms. The molecule has 0 saturated carbocycles. The molecule has 0 aliphatic carbocycles. The molecule has 0 unspecified atom stereocenters. The minimum Gasteiger partial charge on any atom is -0.305 e. The third kappa shape index (κ3) is 6.76. The van der Waals surface area contributed by atoms with E-state index in [1.54, 1.807) is 24.4 Å². The second kappa shape index (κ2) is 12.5. The topological polar surface area (TPSA) is 25.8 Å². The summed E-state index contributed by atoms with van der Waals surface area (Å²) in [6.07, 6.45) is 3.56. The Morgan fingerprint density at radius 2 is 1.36 bits per heavy atom. The summed E-state index contributed by atoms with van der Waals surface area (Å²) in [4.78, 5) is 8.57. The van der Waals surface area contributed by atoms with E-state index in [4.69, 9.17) is 0 Å². The van der Waals surface area contributed by atoms with Crippen LogP contribution in [0, 0.1) is 12.1 Å². The van der Waals surface area contributed by atoms with E-state index >= 15 is 0 Å². The number of alkyl halides is 1. The van der Waals surface area contributed by atoms with Gasteiger partial charge in [0.05, 0.1) is 6.67 Å². The van der Waals surface area contributed by atoms with Crippen LogP contribution in [0.25, 0.3) is 33.6 Å². The van der Waals surface area contributed by atoms with Gasteiger partial charge >= 0.3 is 0 Å². The van der Waals surface area contributed by atoms with Crippen molar-refractivity contribution in [3.8, 4) is 33.6 Å². The van der Waals surface area contributed by atoms with Crippen LogP contribution in [0.1, 0.15) is 5.56 Å². The summed E-state index contributed by atoms with van der Waals surface area (Å²) in [7, 11) is 0. The summed E-state index contributed by atoms with van der Waals surface area (Å²) in [5, 5.41) is 0. The van der Waals surface area contributed by atoms with Crippen molar-refractivity contribution in [3.05, 3.63) is 133 Å². The van der Waals surface area contributed by atoms with E-state index in [-0.39, 0.29) is 20.1 Å². The number of halogens is 1. The number of hydrogen-bond donors (Lipinski definition) is 0. The van der Waals surface area contributed by atoms with E-state index in [1.165, 1.54) is 11.1 Å². The van der Waals surface area contributed by atoms with E-state index in [2.05, 4.69) is 40.3 Å². The Morgan fingerprint density at radius 3 is 2.09 bits per heavy atom. The Balaban J connectivity index is 0.000000186. The summed E-state index contributed by atoms with van der Waals surface area (Å²) in [6.45, 7) is -0.450. The number of aromatic nitrogens is 2. The summed E-state index contributed by atoms with van der Waals surface area (Å²) < 4.78 is 12.4. The first-order valence-electron chi connectivity index (χ1n) is 10.3. The minimum atomic E-state index is -0.450. The molecule has 0 spiro atoms. The first-order valence-corrected chi connectivity index (χ1v) is 10.3. The molecular formula is C29H21FIrN2-2. The molecule has 5 rings (SSSR count). The molecule has 0 N–H and O–H groups in total. The van der Waals surface area contributed by atoms with Gasteiger partial charge in [0.25, 0.3) is 0 Å². The van der Waals surface area contributed by atoms with E-state index in [0.29, 0.717) is 5.56 Å². The molecule has 0 amide bonds. The number of benzene rings is 3. The molecule has 0 fully saturated rings. The van der Waals surface area contributed by atoms with Crippen LogP contribution in [-0.2, 0) is 26.8 Å². The zero-order chi connectivity index (χ0) is 22.0. The van der Waals surface area contributed by atoms with Crippen LogP contribution >= 0.6 is 0 Å². The maximum Gasteiger partial charge on any atom is 0.0978 e. The van der Waals surface area contributed by atoms with Gasteiger partial charge in [0.1, 0.15) is 0 Å². The van der Waals surface area contributed by atoms with Crippen molar-refractivity contribution in [1.29, 1.82) is 0 Å². The smallest absolute Gasteiger partial charge is 0.0978 e. The molecule has 0 aliphatic rings. The second-order valence-electron chi connectivity index (χ2n) is 7.03. The number of pyridine rings is 2. The van der Waals surface area contributed by atoms with Crippen LogP contribution in [0.3, 0.4) is 0 Å². The number of rotatable bonds is 4. The quantitative estimate of drug-likeness (QED) is 0.201. The average Bonchev–Trinajstić information content (AvgIpc) is 2.91. The number of hydrogen-bond acceptors (Lipinski definition) is 2. The zero-order valence-electron chi connectivity index (χ0n) is 17.8. The van der Waals surface area contributed by atoms with Crippen LogP contribution in [0.15, 0.2) is 116 Å². The fourth-order valence-corrected chi connectivity index (χ4v) is 3.21. The molecule has 3 aromatic carbocycles. The molecule has 2 nitrogen and oxygen atoms in total. The molecule has 165 valence electrons. The Kier molecular flexibility index (Phi) is 9.19. The van der Waals surface area contributed by atoms with Gasteiger partial charge in [0.2, 0.25) is 0 Å². The van der Waals surface area contributed by atoms with Crippen molar-refractivity contribution in [1.82, 2.24) is 9.97 Å². The van der Waals surface area contributed by atoms with Gasteiger partial charge in [-0.2, -0.15) is 0 Å². The maximum atomic E-state index is 12.4. The van der Waals surface area contributed by atoms with Gasteiger partial charge in [-0.05, 0) is 34.6 Å². The summed E-state index contributed by atoms with van der Waals surface area (Å²) in [5.74, 6) is 0. The van der Waals surface area contributed by atoms with Crippen molar-refractivity contribution in [2.24, 2.45) is 0 Å². The summed E-state index contributed by atoms with van der Waals surface area (Å²) in [6, 6.07) is 39.4. The molecule has 0 saturated heterocycles. The van der Waals surface area contributed by atoms with Gasteiger partial charge in [-0.25, -0.2) is 4.39 Å². The predicted octanol–water partition coefficient (Wildman–Crippen LogP) is 7.23. The summed E-state index contributed by atoms with van der Waals surface area (Å²) >= 11 is 0. The monoisotopic (exact) mass is 609 g/mol. The first kappa shape index (κ1) is 24.2. The van der Waals surface area contributed by atoms with E-state index in [9.17, 15) is 4.39 Å². The Hall–Kier alpha value is -3.46. The molecule has 0 aliphatic heterocycles. The fourth-order valence-electron chi connectivity index (χ4n) is 3.21. The van der Waals surface area contributed by atoms with Crippen LogP contribution < -0.4 is 0 Å². The van der Waals surface area contributed by atoms with Crippen LogP contribution in [-0.4, -0.2) is 9.97 Å². The Labute approximate surface area is 207 Å². The second-order valence-corrected chi connectivity index (χ2v) is 7.03. The van der Waals surface area contributed by atoms with Gasteiger partial charge in [0.15, 0.2) is 0 Å². The van der Waals surface area contributed by atoms with Crippen LogP contribution in [0.2, 0.25) is 0 Å². The fraction of sp³-hybridized carbons (Fsp3) is 0.0345. The van der Waals surface area contributed by atoms with Crippen molar-refractivity contribution < 1.29 is 24.5 Å². The Bertz CT molecular complexity index is 1190. The molecule has 0 bridgehead atoms. The molecule has 33 heavy (non-hydrogen) atoms. The van der Waals surface area contributed by atoms with Gasteiger partial charge in [-0.15, -0.1) is 65.7 Å². The van der Waals surface area contributed by atoms with Crippen molar-refractivity contribution >= 4 is 0 Å².